The van der Waals surface area contributed by atoms with E-state index in [0.717, 1.165) is 0 Å². The van der Waals surface area contributed by atoms with Crippen molar-refractivity contribution in [1.82, 2.24) is 19.5 Å². The predicted molar refractivity (Wildman–Crippen MR) is 112 cm³/mol. The van der Waals surface area contributed by atoms with Crippen molar-refractivity contribution < 1.29 is 27.2 Å². The highest BCUT2D eigenvalue weighted by Gasteiger charge is 2.54. The molecule has 0 saturated carbocycles. The fraction of sp³-hybridized carbons (Fsp3) is 0.429. The van der Waals surface area contributed by atoms with Crippen LogP contribution in [0.15, 0.2) is 52.2 Å². The van der Waals surface area contributed by atoms with Crippen LogP contribution in [-0.2, 0) is 19.6 Å². The Kier molecular flexibility index (Phi) is 6.11. The predicted octanol–water partition coefficient (Wildman–Crippen LogP) is 0.816. The molecule has 2 saturated heterocycles. The summed E-state index contributed by atoms with van der Waals surface area (Å²) in [6, 6.07) is 3.67. The van der Waals surface area contributed by atoms with Crippen molar-refractivity contribution in [3.05, 3.63) is 48.7 Å². The summed E-state index contributed by atoms with van der Waals surface area (Å²) in [5, 5.41) is 2.68. The maximum absolute atomic E-state index is 13.3. The number of amides is 2. The molecule has 170 valence electrons. The van der Waals surface area contributed by atoms with Gasteiger partial charge < -0.3 is 14.6 Å². The molecule has 0 spiro atoms. The Morgan fingerprint density at radius 2 is 2.12 bits per heavy atom. The number of hydrogen-bond donors (Lipinski definition) is 1. The molecule has 3 unspecified atom stereocenters. The van der Waals surface area contributed by atoms with E-state index in [1.54, 1.807) is 6.07 Å². The number of sulfonamides is 1. The third-order valence-corrected chi connectivity index (χ3v) is 7.68. The first-order chi connectivity index (χ1) is 15.3. The van der Waals surface area contributed by atoms with Gasteiger partial charge in [0.1, 0.15) is 17.0 Å². The maximum atomic E-state index is 13.3. The molecule has 32 heavy (non-hydrogen) atoms. The highest BCUT2D eigenvalue weighted by molar-refractivity contribution is 7.89. The van der Waals surface area contributed by atoms with Gasteiger partial charge in [0.15, 0.2) is 11.5 Å². The van der Waals surface area contributed by atoms with Crippen LogP contribution < -0.4 is 5.32 Å². The number of nitrogens with zero attached hydrogens (tertiary/aromatic N) is 3. The fourth-order valence-electron chi connectivity index (χ4n) is 4.36. The van der Waals surface area contributed by atoms with Crippen molar-refractivity contribution in [2.24, 2.45) is 0 Å². The number of fused-ring (bicyclic) bond motifs is 1. The topological polar surface area (TPSA) is 130 Å². The Bertz CT molecular complexity index is 1100. The lowest BCUT2D eigenvalue weighted by atomic mass is 10.1. The third kappa shape index (κ3) is 3.93. The largest absolute Gasteiger partial charge is 0.459 e. The number of hydrogen-bond acceptors (Lipinski definition) is 7. The molecule has 0 aliphatic carbocycles. The van der Waals surface area contributed by atoms with Crippen molar-refractivity contribution in [2.45, 2.75) is 49.2 Å². The van der Waals surface area contributed by atoms with Crippen molar-refractivity contribution in [3.8, 4) is 0 Å². The van der Waals surface area contributed by atoms with Gasteiger partial charge in [0.25, 0.3) is 5.91 Å². The summed E-state index contributed by atoms with van der Waals surface area (Å²) >= 11 is 0. The number of likely N-dealkylation sites (tertiary alicyclic amines) is 1. The van der Waals surface area contributed by atoms with Crippen molar-refractivity contribution in [1.29, 1.82) is 0 Å². The van der Waals surface area contributed by atoms with Crippen LogP contribution >= 0.6 is 0 Å². The highest BCUT2D eigenvalue weighted by Crippen LogP contribution is 2.34. The van der Waals surface area contributed by atoms with Gasteiger partial charge in [0.05, 0.1) is 18.8 Å². The van der Waals surface area contributed by atoms with E-state index in [9.17, 15) is 22.8 Å². The molecule has 4 heterocycles. The average Bonchev–Trinajstić information content (AvgIpc) is 3.52. The molecule has 0 bridgehead atoms. The molecular formula is C21H24N4O6S. The number of pyridine rings is 1. The molecule has 4 rings (SSSR count). The first kappa shape index (κ1) is 22.2. The molecule has 0 radical (unpaired) electrons. The van der Waals surface area contributed by atoms with E-state index in [1.165, 1.54) is 46.1 Å². The average molecular weight is 461 g/mol. The van der Waals surface area contributed by atoms with E-state index < -0.39 is 40.0 Å². The van der Waals surface area contributed by atoms with E-state index in [-0.39, 0.29) is 29.5 Å². The number of aromatic nitrogens is 1. The number of carbonyl (C=O) groups is 3. The quantitative estimate of drug-likeness (QED) is 0.647. The second-order valence-corrected chi connectivity index (χ2v) is 9.72. The summed E-state index contributed by atoms with van der Waals surface area (Å²) in [5.74, 6) is -1.16. The van der Waals surface area contributed by atoms with Crippen LogP contribution in [0, 0.1) is 0 Å². The van der Waals surface area contributed by atoms with E-state index in [0.29, 0.717) is 19.3 Å². The number of furan rings is 1. The number of rotatable bonds is 7. The molecule has 3 atom stereocenters. The van der Waals surface area contributed by atoms with Crippen molar-refractivity contribution in [2.75, 3.05) is 13.1 Å². The fourth-order valence-corrected chi connectivity index (χ4v) is 5.95. The SMILES string of the molecule is CCCC(NC(=O)c1ccco1)C(=O)N1CCC2C1C(=O)CN2S(=O)(=O)c1cccnc1. The first-order valence-corrected chi connectivity index (χ1v) is 11.9. The summed E-state index contributed by atoms with van der Waals surface area (Å²) in [4.78, 5) is 43.8. The summed E-state index contributed by atoms with van der Waals surface area (Å²) < 4.78 is 32.4. The van der Waals surface area contributed by atoms with Gasteiger partial charge in [-0.2, -0.15) is 4.31 Å². The number of Topliss-reactive ketones (excluding diaryl/α,β-unsaturated/α-hetero) is 1. The molecule has 2 aromatic rings. The Morgan fingerprint density at radius 3 is 2.78 bits per heavy atom. The Morgan fingerprint density at radius 1 is 1.31 bits per heavy atom. The van der Waals surface area contributed by atoms with Crippen LogP contribution in [0.5, 0.6) is 0 Å². The molecule has 10 nitrogen and oxygen atoms in total. The minimum Gasteiger partial charge on any atom is -0.459 e. The van der Waals surface area contributed by atoms with Crippen molar-refractivity contribution >= 4 is 27.6 Å². The number of nitrogens with one attached hydrogen (secondary N) is 1. The molecule has 2 fully saturated rings. The lowest BCUT2D eigenvalue weighted by Crippen LogP contribution is -2.52. The van der Waals surface area contributed by atoms with Crippen LogP contribution in [0.4, 0.5) is 0 Å². The normalized spacial score (nSPS) is 22.0. The van der Waals surface area contributed by atoms with Gasteiger partial charge in [0.2, 0.25) is 15.9 Å². The van der Waals surface area contributed by atoms with Gasteiger partial charge in [-0.15, -0.1) is 0 Å². The smallest absolute Gasteiger partial charge is 0.287 e. The summed E-state index contributed by atoms with van der Waals surface area (Å²) in [6.45, 7) is 1.82. The minimum atomic E-state index is -3.92. The summed E-state index contributed by atoms with van der Waals surface area (Å²) in [7, 11) is -3.92. The van der Waals surface area contributed by atoms with E-state index >= 15 is 0 Å². The Balaban J connectivity index is 1.53. The molecule has 2 aliphatic rings. The van der Waals surface area contributed by atoms with Crippen molar-refractivity contribution in [3.63, 3.8) is 0 Å². The zero-order valence-corrected chi connectivity index (χ0v) is 18.3. The van der Waals surface area contributed by atoms with E-state index in [1.807, 2.05) is 6.92 Å². The third-order valence-electron chi connectivity index (χ3n) is 5.83. The maximum Gasteiger partial charge on any atom is 0.287 e. The molecule has 1 N–H and O–H groups in total. The Hall–Kier alpha value is -3.05. The number of carbonyl (C=O) groups excluding carboxylic acids is 3. The van der Waals surface area contributed by atoms with Crippen LogP contribution in [0.2, 0.25) is 0 Å². The Labute approximate surface area is 185 Å². The molecule has 11 heteroatoms. The zero-order chi connectivity index (χ0) is 22.9. The monoisotopic (exact) mass is 460 g/mol. The van der Waals surface area contributed by atoms with Gasteiger partial charge in [-0.1, -0.05) is 13.3 Å². The van der Waals surface area contributed by atoms with Crippen LogP contribution in [-0.4, -0.2) is 71.4 Å². The van der Waals surface area contributed by atoms with Crippen LogP contribution in [0.1, 0.15) is 36.7 Å². The van der Waals surface area contributed by atoms with Gasteiger partial charge in [0, 0.05) is 18.9 Å². The second kappa shape index (κ2) is 8.83. The highest BCUT2D eigenvalue weighted by atomic mass is 32.2. The zero-order valence-electron chi connectivity index (χ0n) is 17.5. The van der Waals surface area contributed by atoms with E-state index in [2.05, 4.69) is 10.3 Å². The first-order valence-electron chi connectivity index (χ1n) is 10.4. The molecule has 2 aromatic heterocycles. The minimum absolute atomic E-state index is 0.00722. The molecule has 2 amide bonds. The molecule has 2 aliphatic heterocycles. The van der Waals surface area contributed by atoms with Gasteiger partial charge in [-0.05, 0) is 37.1 Å². The lowest BCUT2D eigenvalue weighted by molar-refractivity contribution is -0.138. The molecule has 0 aromatic carbocycles. The van der Waals surface area contributed by atoms with E-state index in [4.69, 9.17) is 4.42 Å². The van der Waals surface area contributed by atoms with Gasteiger partial charge >= 0.3 is 0 Å². The summed E-state index contributed by atoms with van der Waals surface area (Å²) in [6.07, 6.45) is 5.43. The van der Waals surface area contributed by atoms with Crippen LogP contribution in [0.25, 0.3) is 0 Å². The standard InChI is InChI=1S/C21H24N4O6S/c1-2-5-15(23-20(27)18-7-4-11-31-18)21(28)24-10-8-16-19(24)17(26)13-25(16)32(29,30)14-6-3-9-22-12-14/h3-4,6-7,9,11-12,15-16,19H,2,5,8,10,13H2,1H3,(H,23,27). The summed E-state index contributed by atoms with van der Waals surface area (Å²) in [5.41, 5.74) is 0. The number of ketones is 1. The second-order valence-electron chi connectivity index (χ2n) is 7.83. The molecular weight excluding hydrogens is 436 g/mol. The lowest BCUT2D eigenvalue weighted by Gasteiger charge is -2.28. The van der Waals surface area contributed by atoms with Gasteiger partial charge in [-0.25, -0.2) is 8.42 Å². The van der Waals surface area contributed by atoms with Gasteiger partial charge in [-0.3, -0.25) is 19.4 Å². The van der Waals surface area contributed by atoms with Crippen LogP contribution in [0.3, 0.4) is 0 Å².